The number of rotatable bonds is 5. The monoisotopic (exact) mass is 369 g/mol. The maximum absolute atomic E-state index is 13.1. The van der Waals surface area contributed by atoms with Crippen molar-refractivity contribution in [2.24, 2.45) is 0 Å². The quantitative estimate of drug-likeness (QED) is 0.562. The smallest absolute Gasteiger partial charge is 0.261 e. The molecule has 0 saturated carbocycles. The summed E-state index contributed by atoms with van der Waals surface area (Å²) in [5.41, 5.74) is 0.775. The highest BCUT2D eigenvalue weighted by Crippen LogP contribution is 2.28. The molecule has 0 aliphatic rings. The maximum atomic E-state index is 13.1. The number of carbonyl (C=O) groups excluding carboxylic acids is 1. The van der Waals surface area contributed by atoms with Crippen molar-refractivity contribution in [2.75, 3.05) is 5.32 Å². The summed E-state index contributed by atoms with van der Waals surface area (Å²) in [4.78, 5) is 21.7. The molecule has 138 valence electrons. The number of nitrogens with one attached hydrogen (secondary N) is 1. The van der Waals surface area contributed by atoms with Gasteiger partial charge in [0.1, 0.15) is 0 Å². The van der Waals surface area contributed by atoms with Crippen molar-refractivity contribution < 1.29 is 9.90 Å². The van der Waals surface area contributed by atoms with Gasteiger partial charge in [-0.2, -0.15) is 0 Å². The summed E-state index contributed by atoms with van der Waals surface area (Å²) >= 11 is 0. The van der Waals surface area contributed by atoms with E-state index in [-0.39, 0.29) is 6.42 Å². The van der Waals surface area contributed by atoms with E-state index in [9.17, 15) is 9.90 Å². The molecule has 4 rings (SSSR count). The van der Waals surface area contributed by atoms with Crippen molar-refractivity contribution >= 4 is 22.5 Å². The molecule has 28 heavy (non-hydrogen) atoms. The second-order valence-corrected chi connectivity index (χ2v) is 6.59. The largest absolute Gasteiger partial charge is 0.375 e. The molecular weight excluding hydrogens is 350 g/mol. The van der Waals surface area contributed by atoms with Gasteiger partial charge in [0.15, 0.2) is 5.60 Å². The molecular formula is C23H19N3O2. The lowest BCUT2D eigenvalue weighted by atomic mass is 9.87. The SMILES string of the molecule is O=C(Nc1ccncc1)C(O)(Cc1ccc2ccccc2n1)c1ccccc1. The molecule has 0 bridgehead atoms. The second kappa shape index (κ2) is 7.58. The van der Waals surface area contributed by atoms with Crippen molar-refractivity contribution in [1.82, 2.24) is 9.97 Å². The molecule has 5 nitrogen and oxygen atoms in total. The Kier molecular flexibility index (Phi) is 4.83. The van der Waals surface area contributed by atoms with Crippen LogP contribution in [0, 0.1) is 0 Å². The molecule has 1 amide bonds. The molecule has 0 saturated heterocycles. The number of carbonyl (C=O) groups is 1. The molecule has 0 radical (unpaired) electrons. The van der Waals surface area contributed by atoms with Gasteiger partial charge in [-0.3, -0.25) is 14.8 Å². The summed E-state index contributed by atoms with van der Waals surface area (Å²) in [6.07, 6.45) is 3.23. The topological polar surface area (TPSA) is 75.1 Å². The average Bonchev–Trinajstić information content (AvgIpc) is 2.75. The van der Waals surface area contributed by atoms with Gasteiger partial charge in [-0.05, 0) is 29.8 Å². The van der Waals surface area contributed by atoms with Crippen LogP contribution in [0.2, 0.25) is 0 Å². The van der Waals surface area contributed by atoms with Crippen LogP contribution in [0.25, 0.3) is 10.9 Å². The van der Waals surface area contributed by atoms with E-state index < -0.39 is 11.5 Å². The molecule has 2 heterocycles. The third-order valence-corrected chi connectivity index (χ3v) is 4.66. The zero-order valence-corrected chi connectivity index (χ0v) is 15.1. The number of hydrogen-bond donors (Lipinski definition) is 2. The average molecular weight is 369 g/mol. The lowest BCUT2D eigenvalue weighted by Crippen LogP contribution is -2.42. The lowest BCUT2D eigenvalue weighted by Gasteiger charge is -2.27. The van der Waals surface area contributed by atoms with E-state index in [0.717, 1.165) is 10.9 Å². The number of amides is 1. The second-order valence-electron chi connectivity index (χ2n) is 6.59. The van der Waals surface area contributed by atoms with Gasteiger partial charge in [-0.25, -0.2) is 0 Å². The fraction of sp³-hybridized carbons (Fsp3) is 0.0870. The van der Waals surface area contributed by atoms with Crippen LogP contribution in [0.5, 0.6) is 0 Å². The molecule has 0 aliphatic carbocycles. The van der Waals surface area contributed by atoms with E-state index >= 15 is 0 Å². The first kappa shape index (κ1) is 17.8. The Morgan fingerprint density at radius 3 is 2.39 bits per heavy atom. The summed E-state index contributed by atoms with van der Waals surface area (Å²) < 4.78 is 0. The summed E-state index contributed by atoms with van der Waals surface area (Å²) in [5.74, 6) is -0.514. The molecule has 4 aromatic rings. The minimum atomic E-state index is -1.76. The van der Waals surface area contributed by atoms with Gasteiger partial charge < -0.3 is 10.4 Å². The van der Waals surface area contributed by atoms with E-state index in [2.05, 4.69) is 15.3 Å². The normalized spacial score (nSPS) is 13.0. The highest BCUT2D eigenvalue weighted by atomic mass is 16.3. The number of aliphatic hydroxyl groups is 1. The first-order chi connectivity index (χ1) is 13.6. The molecule has 0 fully saturated rings. The predicted octanol–water partition coefficient (Wildman–Crippen LogP) is 3.70. The highest BCUT2D eigenvalue weighted by Gasteiger charge is 2.38. The van der Waals surface area contributed by atoms with Crippen molar-refractivity contribution in [1.29, 1.82) is 0 Å². The highest BCUT2D eigenvalue weighted by molar-refractivity contribution is 5.98. The number of benzene rings is 2. The predicted molar refractivity (Wildman–Crippen MR) is 109 cm³/mol. The fourth-order valence-electron chi connectivity index (χ4n) is 3.17. The number of para-hydroxylation sites is 1. The first-order valence-electron chi connectivity index (χ1n) is 8.99. The molecule has 2 aromatic carbocycles. The summed E-state index contributed by atoms with van der Waals surface area (Å²) in [6, 6.07) is 23.8. The third kappa shape index (κ3) is 3.61. The van der Waals surface area contributed by atoms with Crippen molar-refractivity contribution in [3.8, 4) is 0 Å². The molecule has 2 N–H and O–H groups in total. The lowest BCUT2D eigenvalue weighted by molar-refractivity contribution is -0.135. The van der Waals surface area contributed by atoms with Gasteiger partial charge in [0.25, 0.3) is 5.91 Å². The van der Waals surface area contributed by atoms with Gasteiger partial charge in [-0.15, -0.1) is 0 Å². The third-order valence-electron chi connectivity index (χ3n) is 4.66. The van der Waals surface area contributed by atoms with E-state index in [1.165, 1.54) is 0 Å². The number of fused-ring (bicyclic) bond motifs is 1. The molecule has 1 unspecified atom stereocenters. The molecule has 1 atom stereocenters. The Labute approximate surface area is 162 Å². The van der Waals surface area contributed by atoms with E-state index in [1.54, 1.807) is 48.8 Å². The number of hydrogen-bond acceptors (Lipinski definition) is 4. The standard InChI is InChI=1S/C23H19N3O2/c27-22(26-19-12-14-24-15-13-19)23(28,18-7-2-1-3-8-18)16-20-11-10-17-6-4-5-9-21(17)25-20/h1-15,28H,16H2,(H,24,26,27). The maximum Gasteiger partial charge on any atom is 0.261 e. The van der Waals surface area contributed by atoms with Crippen molar-refractivity contribution in [2.45, 2.75) is 12.0 Å². The Morgan fingerprint density at radius 2 is 1.61 bits per heavy atom. The zero-order valence-electron chi connectivity index (χ0n) is 15.1. The van der Waals surface area contributed by atoms with Crippen LogP contribution in [0.3, 0.4) is 0 Å². The minimum Gasteiger partial charge on any atom is -0.375 e. The van der Waals surface area contributed by atoms with Crippen LogP contribution in [0.1, 0.15) is 11.3 Å². The number of pyridine rings is 2. The number of anilines is 1. The molecule has 5 heteroatoms. The van der Waals surface area contributed by atoms with Gasteiger partial charge >= 0.3 is 0 Å². The number of aromatic nitrogens is 2. The molecule has 0 aliphatic heterocycles. The van der Waals surface area contributed by atoms with Gasteiger partial charge in [0, 0.05) is 35.6 Å². The molecule has 2 aromatic heterocycles. The zero-order chi connectivity index (χ0) is 19.4. The van der Waals surface area contributed by atoms with Gasteiger partial charge in [0.05, 0.1) is 5.52 Å². The van der Waals surface area contributed by atoms with Crippen LogP contribution in [0.4, 0.5) is 5.69 Å². The van der Waals surface area contributed by atoms with Crippen LogP contribution in [-0.4, -0.2) is 21.0 Å². The van der Waals surface area contributed by atoms with Crippen LogP contribution < -0.4 is 5.32 Å². The Hall–Kier alpha value is -3.57. The minimum absolute atomic E-state index is 0.0543. The first-order valence-corrected chi connectivity index (χ1v) is 8.99. The molecule has 0 spiro atoms. The van der Waals surface area contributed by atoms with E-state index in [0.29, 0.717) is 16.9 Å². The van der Waals surface area contributed by atoms with E-state index in [1.807, 2.05) is 42.5 Å². The van der Waals surface area contributed by atoms with Gasteiger partial charge in [-0.1, -0.05) is 54.6 Å². The Morgan fingerprint density at radius 1 is 0.893 bits per heavy atom. The fourth-order valence-corrected chi connectivity index (χ4v) is 3.17. The van der Waals surface area contributed by atoms with Crippen LogP contribution in [0.15, 0.2) is 91.3 Å². The van der Waals surface area contributed by atoms with E-state index in [4.69, 9.17) is 0 Å². The van der Waals surface area contributed by atoms with Crippen LogP contribution in [-0.2, 0) is 16.8 Å². The van der Waals surface area contributed by atoms with Crippen LogP contribution >= 0.6 is 0 Å². The Bertz CT molecular complexity index is 1100. The summed E-state index contributed by atoms with van der Waals surface area (Å²) in [5, 5.41) is 15.3. The van der Waals surface area contributed by atoms with Crippen molar-refractivity contribution in [3.63, 3.8) is 0 Å². The van der Waals surface area contributed by atoms with Gasteiger partial charge in [0.2, 0.25) is 0 Å². The Balaban J connectivity index is 1.71. The summed E-state index contributed by atoms with van der Waals surface area (Å²) in [7, 11) is 0. The van der Waals surface area contributed by atoms with Crippen molar-refractivity contribution in [3.05, 3.63) is 103 Å². The summed E-state index contributed by atoms with van der Waals surface area (Å²) in [6.45, 7) is 0. The number of nitrogens with zero attached hydrogens (tertiary/aromatic N) is 2.